The van der Waals surface area contributed by atoms with Crippen LogP contribution in [-0.4, -0.2) is 23.6 Å². The Labute approximate surface area is 135 Å². The highest BCUT2D eigenvalue weighted by atomic mass is 19.3. The maximum absolute atomic E-state index is 14.0. The van der Waals surface area contributed by atoms with Gasteiger partial charge in [-0.3, -0.25) is 4.79 Å². The molecule has 4 nitrogen and oxygen atoms in total. The van der Waals surface area contributed by atoms with E-state index >= 15 is 0 Å². The van der Waals surface area contributed by atoms with E-state index in [4.69, 9.17) is 5.73 Å². The van der Waals surface area contributed by atoms with Crippen molar-refractivity contribution in [1.29, 1.82) is 0 Å². The molecule has 0 bridgehead atoms. The van der Waals surface area contributed by atoms with Crippen molar-refractivity contribution in [3.8, 4) is 0 Å². The minimum absolute atomic E-state index is 0.0334. The van der Waals surface area contributed by atoms with E-state index in [1.54, 1.807) is 17.4 Å². The summed E-state index contributed by atoms with van der Waals surface area (Å²) in [7, 11) is 0. The quantitative estimate of drug-likeness (QED) is 0.497. The Hall–Kier alpha value is -2.90. The molecular weight excluding hydrogens is 326 g/mol. The average Bonchev–Trinajstić information content (AvgIpc) is 2.56. The number of nitrogens with one attached hydrogen (secondary N) is 1. The highest BCUT2D eigenvalue weighted by Gasteiger charge is 2.64. The number of hydrogen-bond donors (Lipinski definition) is 2. The van der Waals surface area contributed by atoms with Gasteiger partial charge in [0.25, 0.3) is 0 Å². The lowest BCUT2D eigenvalue weighted by molar-refractivity contribution is -0.180. The van der Waals surface area contributed by atoms with Crippen molar-refractivity contribution in [2.45, 2.75) is 11.8 Å². The van der Waals surface area contributed by atoms with Crippen LogP contribution in [0.4, 0.5) is 28.9 Å². The summed E-state index contributed by atoms with van der Waals surface area (Å²) in [6, 6.07) is 14.2. The fraction of sp³-hybridized carbons (Fsp3) is 0.125. The molecule has 3 N–H and O–H groups in total. The van der Waals surface area contributed by atoms with Crippen LogP contribution in [0.25, 0.3) is 0 Å². The molecule has 0 aliphatic rings. The number of amidine groups is 1. The van der Waals surface area contributed by atoms with E-state index in [0.29, 0.717) is 0 Å². The van der Waals surface area contributed by atoms with Gasteiger partial charge in [0.15, 0.2) is 5.84 Å². The van der Waals surface area contributed by atoms with Crippen LogP contribution < -0.4 is 11.1 Å². The van der Waals surface area contributed by atoms with Crippen LogP contribution in [0, 0.1) is 0 Å². The van der Waals surface area contributed by atoms with Crippen molar-refractivity contribution in [1.82, 2.24) is 0 Å². The molecule has 1 amide bonds. The first kappa shape index (κ1) is 17.5. The van der Waals surface area contributed by atoms with Crippen LogP contribution in [0.3, 0.4) is 0 Å². The van der Waals surface area contributed by atoms with Gasteiger partial charge in [-0.15, -0.1) is 0 Å². The number of alkyl halides is 4. The molecule has 0 radical (unpaired) electrons. The molecule has 0 saturated carbocycles. The van der Waals surface area contributed by atoms with Crippen molar-refractivity contribution in [3.63, 3.8) is 0 Å². The van der Waals surface area contributed by atoms with Gasteiger partial charge in [-0.05, 0) is 24.3 Å². The lowest BCUT2D eigenvalue weighted by Gasteiger charge is -2.25. The second-order valence-electron chi connectivity index (χ2n) is 4.80. The highest BCUT2D eigenvalue weighted by Crippen LogP contribution is 2.36. The molecule has 0 fully saturated rings. The second-order valence-corrected chi connectivity index (χ2v) is 4.80. The maximum atomic E-state index is 14.0. The Kier molecular flexibility index (Phi) is 4.87. The number of hydrogen-bond acceptors (Lipinski definition) is 2. The standard InChI is InChI=1S/C16H13F4N3O/c17-15(18,13(21)22-11-7-3-1-4-8-11)16(19,20)14(24)23-12-9-5-2-6-10-12/h1-10H,(H2,21,22)(H,23,24). The first-order chi connectivity index (χ1) is 11.2. The second kappa shape index (κ2) is 6.69. The zero-order chi connectivity index (χ0) is 17.8. The van der Waals surface area contributed by atoms with E-state index in [2.05, 4.69) is 4.99 Å². The molecule has 126 valence electrons. The first-order valence-corrected chi connectivity index (χ1v) is 6.77. The van der Waals surface area contributed by atoms with E-state index in [1.807, 2.05) is 0 Å². The van der Waals surface area contributed by atoms with Gasteiger partial charge in [-0.25, -0.2) is 4.99 Å². The van der Waals surface area contributed by atoms with Gasteiger partial charge in [0, 0.05) is 5.69 Å². The number of rotatable bonds is 5. The van der Waals surface area contributed by atoms with Gasteiger partial charge in [-0.1, -0.05) is 36.4 Å². The summed E-state index contributed by atoms with van der Waals surface area (Å²) in [4.78, 5) is 14.9. The summed E-state index contributed by atoms with van der Waals surface area (Å²) in [5, 5.41) is 1.73. The molecule has 0 aliphatic carbocycles. The number of carbonyl (C=O) groups is 1. The van der Waals surface area contributed by atoms with Gasteiger partial charge in [0.05, 0.1) is 5.69 Å². The molecule has 8 heteroatoms. The van der Waals surface area contributed by atoms with E-state index in [1.165, 1.54) is 48.5 Å². The fourth-order valence-electron chi connectivity index (χ4n) is 1.75. The van der Waals surface area contributed by atoms with Crippen molar-refractivity contribution >= 4 is 23.1 Å². The summed E-state index contributed by atoms with van der Waals surface area (Å²) in [5.41, 5.74) is 4.96. The number of halogens is 4. The molecule has 2 rings (SSSR count). The van der Waals surface area contributed by atoms with Crippen LogP contribution in [-0.2, 0) is 4.79 Å². The molecule has 2 aromatic rings. The SMILES string of the molecule is NC(=Nc1ccccc1)C(F)(F)C(F)(F)C(=O)Nc1ccccc1. The molecule has 2 aromatic carbocycles. The monoisotopic (exact) mass is 339 g/mol. The number of carbonyl (C=O) groups excluding carboxylic acids is 1. The average molecular weight is 339 g/mol. The first-order valence-electron chi connectivity index (χ1n) is 6.77. The van der Waals surface area contributed by atoms with Gasteiger partial charge >= 0.3 is 17.8 Å². The molecule has 0 unspecified atom stereocenters. The molecule has 24 heavy (non-hydrogen) atoms. The molecule has 0 atom stereocenters. The summed E-state index contributed by atoms with van der Waals surface area (Å²) >= 11 is 0. The summed E-state index contributed by atoms with van der Waals surface area (Å²) in [5.74, 6) is -13.9. The van der Waals surface area contributed by atoms with E-state index < -0.39 is 23.6 Å². The lowest BCUT2D eigenvalue weighted by Crippen LogP contribution is -2.56. The van der Waals surface area contributed by atoms with Crippen molar-refractivity contribution in [2.75, 3.05) is 5.32 Å². The topological polar surface area (TPSA) is 67.5 Å². The third kappa shape index (κ3) is 3.53. The zero-order valence-corrected chi connectivity index (χ0v) is 12.2. The van der Waals surface area contributed by atoms with Gasteiger partial charge < -0.3 is 11.1 Å². The molecule has 0 heterocycles. The van der Waals surface area contributed by atoms with E-state index in [0.717, 1.165) is 0 Å². The molecule has 0 saturated heterocycles. The lowest BCUT2D eigenvalue weighted by atomic mass is 10.1. The molecular formula is C16H13F4N3O. The third-order valence-corrected chi connectivity index (χ3v) is 3.04. The minimum Gasteiger partial charge on any atom is -0.382 e. The number of aliphatic imine (C=N–C) groups is 1. The van der Waals surface area contributed by atoms with Gasteiger partial charge in [-0.2, -0.15) is 17.6 Å². The smallest absolute Gasteiger partial charge is 0.382 e. The number of benzene rings is 2. The van der Waals surface area contributed by atoms with E-state index in [9.17, 15) is 22.4 Å². The Morgan fingerprint density at radius 2 is 1.38 bits per heavy atom. The van der Waals surface area contributed by atoms with Crippen molar-refractivity contribution < 1.29 is 22.4 Å². The van der Waals surface area contributed by atoms with Crippen LogP contribution in [0.2, 0.25) is 0 Å². The number of amides is 1. The predicted molar refractivity (Wildman–Crippen MR) is 82.7 cm³/mol. The maximum Gasteiger partial charge on any atom is 0.394 e. The van der Waals surface area contributed by atoms with Crippen molar-refractivity contribution in [2.24, 2.45) is 10.7 Å². The molecule has 0 spiro atoms. The molecule has 0 aromatic heterocycles. The van der Waals surface area contributed by atoms with Crippen molar-refractivity contribution in [3.05, 3.63) is 60.7 Å². The summed E-state index contributed by atoms with van der Waals surface area (Å²) in [6.07, 6.45) is 0. The summed E-state index contributed by atoms with van der Waals surface area (Å²) in [6.45, 7) is 0. The summed E-state index contributed by atoms with van der Waals surface area (Å²) < 4.78 is 55.8. The van der Waals surface area contributed by atoms with Gasteiger partial charge in [0.1, 0.15) is 0 Å². The Bertz CT molecular complexity index is 734. The normalized spacial score (nSPS) is 12.8. The largest absolute Gasteiger partial charge is 0.394 e. The van der Waals surface area contributed by atoms with Crippen LogP contribution in [0.5, 0.6) is 0 Å². The van der Waals surface area contributed by atoms with E-state index in [-0.39, 0.29) is 11.4 Å². The predicted octanol–water partition coefficient (Wildman–Crippen LogP) is 3.58. The number of nitrogens with zero attached hydrogens (tertiary/aromatic N) is 1. The van der Waals surface area contributed by atoms with Crippen LogP contribution in [0.1, 0.15) is 0 Å². The highest BCUT2D eigenvalue weighted by molar-refractivity contribution is 6.03. The third-order valence-electron chi connectivity index (χ3n) is 3.04. The zero-order valence-electron chi connectivity index (χ0n) is 12.2. The number of nitrogens with two attached hydrogens (primary N) is 1. The van der Waals surface area contributed by atoms with Crippen LogP contribution in [0.15, 0.2) is 65.7 Å². The Balaban J connectivity index is 2.25. The van der Waals surface area contributed by atoms with Gasteiger partial charge in [0.2, 0.25) is 0 Å². The number of anilines is 1. The minimum atomic E-state index is -5.08. The fourth-order valence-corrected chi connectivity index (χ4v) is 1.75. The number of para-hydroxylation sites is 2. The van der Waals surface area contributed by atoms with Crippen LogP contribution >= 0.6 is 0 Å². The Morgan fingerprint density at radius 1 is 0.875 bits per heavy atom. The molecule has 0 aliphatic heterocycles. The Morgan fingerprint density at radius 3 is 1.92 bits per heavy atom.